The van der Waals surface area contributed by atoms with E-state index in [2.05, 4.69) is 20.1 Å². The number of methoxy groups -OCH3 is 1. The smallest absolute Gasteiger partial charge is 0.337 e. The molecular formula is C18H16N4O3. The van der Waals surface area contributed by atoms with Gasteiger partial charge in [-0.25, -0.2) is 4.79 Å². The Balaban J connectivity index is 1.68. The Kier molecular flexibility index (Phi) is 4.84. The minimum absolute atomic E-state index is 0.323. The van der Waals surface area contributed by atoms with E-state index in [4.69, 9.17) is 0 Å². The van der Waals surface area contributed by atoms with Crippen molar-refractivity contribution in [2.45, 2.75) is 6.54 Å². The third-order valence-electron chi connectivity index (χ3n) is 3.53. The van der Waals surface area contributed by atoms with Crippen LogP contribution < -0.4 is 5.32 Å². The lowest BCUT2D eigenvalue weighted by atomic mass is 10.1. The van der Waals surface area contributed by atoms with E-state index >= 15 is 0 Å². The highest BCUT2D eigenvalue weighted by Crippen LogP contribution is 2.12. The highest BCUT2D eigenvalue weighted by Gasteiger charge is 2.11. The summed E-state index contributed by atoms with van der Waals surface area (Å²) in [6.45, 7) is 0.580. The van der Waals surface area contributed by atoms with Gasteiger partial charge in [-0.2, -0.15) is 5.10 Å². The summed E-state index contributed by atoms with van der Waals surface area (Å²) in [5, 5.41) is 6.99. The van der Waals surface area contributed by atoms with Crippen molar-refractivity contribution in [2.75, 3.05) is 12.4 Å². The molecule has 7 heteroatoms. The van der Waals surface area contributed by atoms with Gasteiger partial charge in [0.15, 0.2) is 0 Å². The minimum Gasteiger partial charge on any atom is -0.465 e. The second kappa shape index (κ2) is 7.39. The first-order valence-corrected chi connectivity index (χ1v) is 7.57. The van der Waals surface area contributed by atoms with Crippen LogP contribution in [0.2, 0.25) is 0 Å². The standard InChI is InChI=1S/C18H16N4O3/c1-25-18(24)15-4-2-3-14(9-15)17(23)21-16-10-20-22(12-16)11-13-5-7-19-8-6-13/h2-10,12H,11H2,1H3,(H,21,23). The van der Waals surface area contributed by atoms with Crippen LogP contribution in [0.15, 0.2) is 61.2 Å². The fourth-order valence-corrected chi connectivity index (χ4v) is 2.30. The molecule has 2 heterocycles. The van der Waals surface area contributed by atoms with Gasteiger partial charge in [0.2, 0.25) is 0 Å². The molecule has 0 unspecified atom stereocenters. The van der Waals surface area contributed by atoms with Gasteiger partial charge in [0.1, 0.15) is 0 Å². The van der Waals surface area contributed by atoms with E-state index in [0.29, 0.717) is 23.4 Å². The SMILES string of the molecule is COC(=O)c1cccc(C(=O)Nc2cnn(Cc3ccncc3)c2)c1. The molecule has 7 nitrogen and oxygen atoms in total. The van der Waals surface area contributed by atoms with Crippen LogP contribution in [0.4, 0.5) is 5.69 Å². The average molecular weight is 336 g/mol. The number of carbonyl (C=O) groups excluding carboxylic acids is 2. The van der Waals surface area contributed by atoms with E-state index in [1.807, 2.05) is 12.1 Å². The fraction of sp³-hybridized carbons (Fsp3) is 0.111. The summed E-state index contributed by atoms with van der Waals surface area (Å²) in [5.41, 5.74) is 2.32. The largest absolute Gasteiger partial charge is 0.465 e. The monoisotopic (exact) mass is 336 g/mol. The molecule has 0 radical (unpaired) electrons. The molecule has 3 aromatic rings. The number of benzene rings is 1. The Morgan fingerprint density at radius 1 is 1.16 bits per heavy atom. The molecule has 0 spiro atoms. The van der Waals surface area contributed by atoms with E-state index in [9.17, 15) is 9.59 Å². The molecule has 0 bridgehead atoms. The van der Waals surface area contributed by atoms with Gasteiger partial charge in [0.25, 0.3) is 5.91 Å². The molecule has 0 aliphatic carbocycles. The first-order valence-electron chi connectivity index (χ1n) is 7.57. The number of carbonyl (C=O) groups is 2. The number of aromatic nitrogens is 3. The molecule has 1 aromatic carbocycles. The Hall–Kier alpha value is -3.48. The first-order chi connectivity index (χ1) is 12.2. The van der Waals surface area contributed by atoms with Crippen LogP contribution in [0.1, 0.15) is 26.3 Å². The molecule has 0 atom stereocenters. The van der Waals surface area contributed by atoms with E-state index in [1.165, 1.54) is 13.2 Å². The Morgan fingerprint density at radius 2 is 1.92 bits per heavy atom. The molecule has 1 amide bonds. The zero-order valence-corrected chi connectivity index (χ0v) is 13.5. The van der Waals surface area contributed by atoms with Crippen molar-refractivity contribution in [1.82, 2.24) is 14.8 Å². The summed E-state index contributed by atoms with van der Waals surface area (Å²) in [7, 11) is 1.30. The van der Waals surface area contributed by atoms with Crippen molar-refractivity contribution in [1.29, 1.82) is 0 Å². The molecule has 0 fully saturated rings. The van der Waals surface area contributed by atoms with Crippen LogP contribution in [0.25, 0.3) is 0 Å². The van der Waals surface area contributed by atoms with Crippen LogP contribution in [-0.4, -0.2) is 33.8 Å². The molecule has 0 saturated heterocycles. The van der Waals surface area contributed by atoms with Gasteiger partial charge in [-0.05, 0) is 35.9 Å². The van der Waals surface area contributed by atoms with Crippen molar-refractivity contribution in [3.63, 3.8) is 0 Å². The van der Waals surface area contributed by atoms with Gasteiger partial charge in [0, 0.05) is 24.2 Å². The molecule has 0 saturated carbocycles. The lowest BCUT2D eigenvalue weighted by Gasteiger charge is -2.04. The molecule has 126 valence electrons. The highest BCUT2D eigenvalue weighted by atomic mass is 16.5. The number of rotatable bonds is 5. The van der Waals surface area contributed by atoms with E-state index in [-0.39, 0.29) is 5.91 Å². The van der Waals surface area contributed by atoms with Crippen LogP contribution in [0.5, 0.6) is 0 Å². The predicted octanol–water partition coefficient (Wildman–Crippen LogP) is 2.37. The number of amides is 1. The summed E-state index contributed by atoms with van der Waals surface area (Å²) in [6, 6.07) is 10.1. The highest BCUT2D eigenvalue weighted by molar-refractivity contribution is 6.05. The molecular weight excluding hydrogens is 320 g/mol. The zero-order chi connectivity index (χ0) is 17.6. The predicted molar refractivity (Wildman–Crippen MR) is 91.3 cm³/mol. The Labute approximate surface area is 144 Å². The van der Waals surface area contributed by atoms with Crippen LogP contribution in [-0.2, 0) is 11.3 Å². The van der Waals surface area contributed by atoms with Crippen molar-refractivity contribution in [3.8, 4) is 0 Å². The number of esters is 1. The number of nitrogens with one attached hydrogen (secondary N) is 1. The third kappa shape index (κ3) is 4.08. The second-order valence-corrected chi connectivity index (χ2v) is 5.31. The van der Waals surface area contributed by atoms with E-state index in [0.717, 1.165) is 5.56 Å². The van der Waals surface area contributed by atoms with Crippen LogP contribution in [0, 0.1) is 0 Å². The molecule has 0 aliphatic heterocycles. The maximum atomic E-state index is 12.3. The van der Waals surface area contributed by atoms with Crippen molar-refractivity contribution >= 4 is 17.6 Å². The number of anilines is 1. The van der Waals surface area contributed by atoms with Gasteiger partial charge in [-0.3, -0.25) is 14.5 Å². The summed E-state index contributed by atoms with van der Waals surface area (Å²) in [5.74, 6) is -0.811. The lowest BCUT2D eigenvalue weighted by molar-refractivity contribution is 0.0600. The van der Waals surface area contributed by atoms with Crippen molar-refractivity contribution in [3.05, 3.63) is 77.9 Å². The number of nitrogens with zero attached hydrogens (tertiary/aromatic N) is 3. The zero-order valence-electron chi connectivity index (χ0n) is 13.5. The van der Waals surface area contributed by atoms with Crippen LogP contribution >= 0.6 is 0 Å². The second-order valence-electron chi connectivity index (χ2n) is 5.31. The summed E-state index contributed by atoms with van der Waals surface area (Å²) >= 11 is 0. The lowest BCUT2D eigenvalue weighted by Crippen LogP contribution is -2.12. The topological polar surface area (TPSA) is 86.1 Å². The minimum atomic E-state index is -0.486. The summed E-state index contributed by atoms with van der Waals surface area (Å²) < 4.78 is 6.38. The maximum Gasteiger partial charge on any atom is 0.337 e. The van der Waals surface area contributed by atoms with Crippen LogP contribution in [0.3, 0.4) is 0 Å². The van der Waals surface area contributed by atoms with Gasteiger partial charge >= 0.3 is 5.97 Å². The summed E-state index contributed by atoms with van der Waals surface area (Å²) in [6.07, 6.45) is 6.75. The fourth-order valence-electron chi connectivity index (χ4n) is 2.30. The number of ether oxygens (including phenoxy) is 1. The Bertz CT molecular complexity index is 890. The molecule has 1 N–H and O–H groups in total. The normalized spacial score (nSPS) is 10.3. The van der Waals surface area contributed by atoms with E-state index < -0.39 is 5.97 Å². The molecule has 0 aliphatic rings. The maximum absolute atomic E-state index is 12.3. The summed E-state index contributed by atoms with van der Waals surface area (Å²) in [4.78, 5) is 27.9. The number of pyridine rings is 1. The van der Waals surface area contributed by atoms with Gasteiger partial charge in [0.05, 0.1) is 31.1 Å². The van der Waals surface area contributed by atoms with Gasteiger partial charge < -0.3 is 10.1 Å². The average Bonchev–Trinajstić information content (AvgIpc) is 3.08. The Morgan fingerprint density at radius 3 is 2.68 bits per heavy atom. The molecule has 3 rings (SSSR count). The molecule has 25 heavy (non-hydrogen) atoms. The first kappa shape index (κ1) is 16.4. The van der Waals surface area contributed by atoms with Gasteiger partial charge in [-0.15, -0.1) is 0 Å². The van der Waals surface area contributed by atoms with E-state index in [1.54, 1.807) is 47.7 Å². The van der Waals surface area contributed by atoms with Crippen molar-refractivity contribution < 1.29 is 14.3 Å². The molecule has 2 aromatic heterocycles. The van der Waals surface area contributed by atoms with Gasteiger partial charge in [-0.1, -0.05) is 6.07 Å². The number of hydrogen-bond donors (Lipinski definition) is 1. The van der Waals surface area contributed by atoms with Crippen molar-refractivity contribution in [2.24, 2.45) is 0 Å². The number of hydrogen-bond acceptors (Lipinski definition) is 5. The third-order valence-corrected chi connectivity index (χ3v) is 3.53. The quantitative estimate of drug-likeness (QED) is 0.723.